The fraction of sp³-hybridized carbons (Fsp3) is 0.429. The number of carboxylic acid groups (broad SMARTS) is 1. The Morgan fingerprint density at radius 1 is 1.11 bits per heavy atom. The lowest BCUT2D eigenvalue weighted by molar-refractivity contribution is -0.143. The second-order valence-corrected chi connectivity index (χ2v) is 5.21. The third-order valence-corrected chi connectivity index (χ3v) is 3.77. The predicted molar refractivity (Wildman–Crippen MR) is 68.9 cm³/mol. The summed E-state index contributed by atoms with van der Waals surface area (Å²) in [5, 5.41) is 9.61. The van der Waals surface area contributed by atoms with Crippen molar-refractivity contribution in [3.05, 3.63) is 34.9 Å². The number of ketones is 1. The number of benzene rings is 1. The number of halogens is 1. The first-order chi connectivity index (χ1) is 8.58. The van der Waals surface area contributed by atoms with E-state index in [4.69, 9.17) is 16.7 Å². The number of rotatable bonds is 3. The molecule has 3 nitrogen and oxygen atoms in total. The Kier molecular flexibility index (Phi) is 4.02. The lowest BCUT2D eigenvalue weighted by Crippen LogP contribution is -2.27. The van der Waals surface area contributed by atoms with E-state index in [0.29, 0.717) is 23.4 Å². The molecule has 0 saturated heterocycles. The van der Waals surface area contributed by atoms with E-state index in [1.165, 1.54) is 0 Å². The number of aliphatic carboxylic acids is 1. The number of carbonyl (C=O) groups excluding carboxylic acids is 1. The molecule has 1 aromatic carbocycles. The van der Waals surface area contributed by atoms with Gasteiger partial charge in [0.15, 0.2) is 5.78 Å². The number of Topliss-reactive ketones (excluding diaryl/α,β-unsaturated/α-hetero) is 1. The summed E-state index contributed by atoms with van der Waals surface area (Å²) in [6.07, 6.45) is 2.72. The van der Waals surface area contributed by atoms with Crippen molar-refractivity contribution in [2.75, 3.05) is 0 Å². The predicted octanol–water partition coefficient (Wildman–Crippen LogP) is 3.41. The Hall–Kier alpha value is -1.35. The van der Waals surface area contributed by atoms with Crippen LogP contribution in [0.2, 0.25) is 5.02 Å². The summed E-state index contributed by atoms with van der Waals surface area (Å²) in [7, 11) is 0. The van der Waals surface area contributed by atoms with Crippen molar-refractivity contribution in [2.45, 2.75) is 25.7 Å². The van der Waals surface area contributed by atoms with E-state index in [2.05, 4.69) is 0 Å². The first-order valence-electron chi connectivity index (χ1n) is 6.10. The number of hydrogen-bond donors (Lipinski definition) is 1. The van der Waals surface area contributed by atoms with E-state index in [9.17, 15) is 9.59 Å². The third-order valence-electron chi connectivity index (χ3n) is 3.52. The Labute approximate surface area is 111 Å². The van der Waals surface area contributed by atoms with Crippen molar-refractivity contribution in [3.8, 4) is 0 Å². The molecule has 0 spiro atoms. The van der Waals surface area contributed by atoms with Crippen LogP contribution in [0.3, 0.4) is 0 Å². The monoisotopic (exact) mass is 266 g/mol. The van der Waals surface area contributed by atoms with Gasteiger partial charge in [0.1, 0.15) is 0 Å². The second kappa shape index (κ2) is 5.53. The average molecular weight is 267 g/mol. The largest absolute Gasteiger partial charge is 0.481 e. The maximum Gasteiger partial charge on any atom is 0.306 e. The molecule has 0 radical (unpaired) electrons. The number of carbonyl (C=O) groups is 2. The normalized spacial score (nSPS) is 23.6. The van der Waals surface area contributed by atoms with Crippen molar-refractivity contribution in [1.29, 1.82) is 0 Å². The lowest BCUT2D eigenvalue weighted by Gasteiger charge is -2.25. The van der Waals surface area contributed by atoms with Gasteiger partial charge in [-0.25, -0.2) is 0 Å². The summed E-state index contributed by atoms with van der Waals surface area (Å²) >= 11 is 5.78. The maximum absolute atomic E-state index is 12.2. The second-order valence-electron chi connectivity index (χ2n) is 4.77. The summed E-state index contributed by atoms with van der Waals surface area (Å²) in [5.41, 5.74) is 0.621. The van der Waals surface area contributed by atoms with Gasteiger partial charge in [0.2, 0.25) is 0 Å². The molecular formula is C14H15ClO3. The van der Waals surface area contributed by atoms with Crippen molar-refractivity contribution in [2.24, 2.45) is 11.8 Å². The van der Waals surface area contributed by atoms with Gasteiger partial charge in [-0.05, 0) is 43.5 Å². The molecule has 0 heterocycles. The van der Waals surface area contributed by atoms with Crippen LogP contribution in [0.25, 0.3) is 0 Å². The molecule has 0 bridgehead atoms. The zero-order valence-electron chi connectivity index (χ0n) is 9.93. The highest BCUT2D eigenvalue weighted by molar-refractivity contribution is 6.30. The van der Waals surface area contributed by atoms with Gasteiger partial charge in [0.05, 0.1) is 5.92 Å². The third kappa shape index (κ3) is 2.91. The van der Waals surface area contributed by atoms with Gasteiger partial charge < -0.3 is 5.11 Å². The van der Waals surface area contributed by atoms with Gasteiger partial charge in [-0.3, -0.25) is 9.59 Å². The van der Waals surface area contributed by atoms with Crippen LogP contribution < -0.4 is 0 Å². The van der Waals surface area contributed by atoms with Gasteiger partial charge in [-0.1, -0.05) is 18.0 Å². The molecule has 1 aliphatic carbocycles. The minimum Gasteiger partial charge on any atom is -0.481 e. The average Bonchev–Trinajstić information content (AvgIpc) is 2.39. The van der Waals surface area contributed by atoms with Crippen molar-refractivity contribution in [3.63, 3.8) is 0 Å². The molecule has 1 aromatic rings. The van der Waals surface area contributed by atoms with Crippen molar-refractivity contribution in [1.82, 2.24) is 0 Å². The Morgan fingerprint density at radius 2 is 1.72 bits per heavy atom. The molecule has 0 aromatic heterocycles. The van der Waals surface area contributed by atoms with E-state index in [-0.39, 0.29) is 17.6 Å². The summed E-state index contributed by atoms with van der Waals surface area (Å²) in [5.74, 6) is -1.29. The molecule has 1 N–H and O–H groups in total. The molecular weight excluding hydrogens is 252 g/mol. The summed E-state index contributed by atoms with van der Waals surface area (Å²) in [6, 6.07) is 6.78. The smallest absolute Gasteiger partial charge is 0.306 e. The minimum atomic E-state index is -0.788. The molecule has 1 saturated carbocycles. The van der Waals surface area contributed by atoms with Crippen LogP contribution in [-0.2, 0) is 4.79 Å². The highest BCUT2D eigenvalue weighted by Gasteiger charge is 2.31. The summed E-state index contributed by atoms with van der Waals surface area (Å²) < 4.78 is 0. The fourth-order valence-corrected chi connectivity index (χ4v) is 2.63. The maximum atomic E-state index is 12.2. The standard InChI is InChI=1S/C14H15ClO3/c15-12-6-4-9(5-7-12)13(16)10-2-1-3-11(8-10)14(17)18/h4-7,10-11H,1-3,8H2,(H,17,18)/t10-,11+/m1/s1. The minimum absolute atomic E-state index is 0.0395. The van der Waals surface area contributed by atoms with E-state index >= 15 is 0 Å². The van der Waals surface area contributed by atoms with E-state index < -0.39 is 5.97 Å². The number of hydrogen-bond acceptors (Lipinski definition) is 2. The van der Waals surface area contributed by atoms with Crippen LogP contribution in [0, 0.1) is 11.8 Å². The Balaban J connectivity index is 2.09. The van der Waals surface area contributed by atoms with Gasteiger partial charge in [0, 0.05) is 16.5 Å². The van der Waals surface area contributed by atoms with Gasteiger partial charge in [-0.2, -0.15) is 0 Å². The number of carboxylic acids is 1. The van der Waals surface area contributed by atoms with Gasteiger partial charge >= 0.3 is 5.97 Å². The SMILES string of the molecule is O=C(O)[C@H]1CCC[C@@H](C(=O)c2ccc(Cl)cc2)C1. The van der Waals surface area contributed by atoms with Crippen LogP contribution in [0.1, 0.15) is 36.0 Å². The van der Waals surface area contributed by atoms with Gasteiger partial charge in [0.25, 0.3) is 0 Å². The van der Waals surface area contributed by atoms with Crippen molar-refractivity contribution >= 4 is 23.4 Å². The first kappa shape index (κ1) is 13.1. The molecule has 18 heavy (non-hydrogen) atoms. The van der Waals surface area contributed by atoms with E-state index in [1.807, 2.05) is 0 Å². The highest BCUT2D eigenvalue weighted by Crippen LogP contribution is 2.31. The van der Waals surface area contributed by atoms with Crippen molar-refractivity contribution < 1.29 is 14.7 Å². The quantitative estimate of drug-likeness (QED) is 0.853. The molecule has 0 amide bonds. The molecule has 2 rings (SSSR count). The van der Waals surface area contributed by atoms with Crippen LogP contribution >= 0.6 is 11.6 Å². The molecule has 1 aliphatic rings. The Bertz CT molecular complexity index is 453. The fourth-order valence-electron chi connectivity index (χ4n) is 2.50. The zero-order chi connectivity index (χ0) is 13.1. The molecule has 96 valence electrons. The van der Waals surface area contributed by atoms with Gasteiger partial charge in [-0.15, -0.1) is 0 Å². The summed E-state index contributed by atoms with van der Waals surface area (Å²) in [4.78, 5) is 23.2. The van der Waals surface area contributed by atoms with Crippen LogP contribution in [0.15, 0.2) is 24.3 Å². The van der Waals surface area contributed by atoms with E-state index in [0.717, 1.165) is 12.8 Å². The van der Waals surface area contributed by atoms with E-state index in [1.54, 1.807) is 24.3 Å². The van der Waals surface area contributed by atoms with Crippen LogP contribution in [0.5, 0.6) is 0 Å². The summed E-state index contributed by atoms with van der Waals surface area (Å²) in [6.45, 7) is 0. The highest BCUT2D eigenvalue weighted by atomic mass is 35.5. The molecule has 4 heteroatoms. The molecule has 0 aliphatic heterocycles. The Morgan fingerprint density at radius 3 is 2.33 bits per heavy atom. The lowest BCUT2D eigenvalue weighted by atomic mass is 9.78. The molecule has 1 fully saturated rings. The first-order valence-corrected chi connectivity index (χ1v) is 6.48. The molecule has 0 unspecified atom stereocenters. The molecule has 2 atom stereocenters. The van der Waals surface area contributed by atoms with Crippen LogP contribution in [-0.4, -0.2) is 16.9 Å². The van der Waals surface area contributed by atoms with Crippen LogP contribution in [0.4, 0.5) is 0 Å². The zero-order valence-corrected chi connectivity index (χ0v) is 10.7. The topological polar surface area (TPSA) is 54.4 Å².